The third-order valence-electron chi connectivity index (χ3n) is 9.76. The molecule has 0 aliphatic carbocycles. The number of likely N-dealkylation sites (tertiary alicyclic amines) is 1. The summed E-state index contributed by atoms with van der Waals surface area (Å²) in [6.45, 7) is 8.75. The van der Waals surface area contributed by atoms with E-state index in [0.717, 1.165) is 54.3 Å². The van der Waals surface area contributed by atoms with Crippen LogP contribution in [0.5, 0.6) is 0 Å². The Morgan fingerprint density at radius 2 is 2.00 bits per heavy atom. The van der Waals surface area contributed by atoms with Crippen molar-refractivity contribution in [1.82, 2.24) is 19.9 Å². The number of nitrogens with one attached hydrogen (secondary N) is 1. The number of nitrogens with zero attached hydrogens (tertiary/aromatic N) is 6. The van der Waals surface area contributed by atoms with Crippen molar-refractivity contribution in [3.63, 3.8) is 0 Å². The number of amides is 1. The molecule has 3 aromatic rings. The molecular formula is C32H39N7O4S. The number of hydrogen-bond acceptors (Lipinski definition) is 10. The second-order valence-electron chi connectivity index (χ2n) is 12.6. The molecule has 44 heavy (non-hydrogen) atoms. The SMILES string of the molecule is C=CC(=O)N1CCC[C@@H]1c1ccc(N2C[C@H](CS(C)(=O)=O)[C@H]2C)c2cnc(Nc3ccnc(N4CC[C@@H]5C[C@H]4CO5)n3)cc12. The van der Waals surface area contributed by atoms with E-state index in [0.29, 0.717) is 49.4 Å². The Balaban J connectivity index is 1.23. The number of sulfone groups is 1. The van der Waals surface area contributed by atoms with Gasteiger partial charge in [0, 0.05) is 61.3 Å². The molecule has 11 nitrogen and oxygen atoms in total. The summed E-state index contributed by atoms with van der Waals surface area (Å²) in [4.78, 5) is 33.4. The zero-order chi connectivity index (χ0) is 30.6. The summed E-state index contributed by atoms with van der Waals surface area (Å²) >= 11 is 0. The van der Waals surface area contributed by atoms with Crippen molar-refractivity contribution in [3.8, 4) is 0 Å². The van der Waals surface area contributed by atoms with Crippen molar-refractivity contribution in [2.24, 2.45) is 5.92 Å². The van der Waals surface area contributed by atoms with Crippen LogP contribution in [0, 0.1) is 5.92 Å². The summed E-state index contributed by atoms with van der Waals surface area (Å²) in [5, 5.41) is 5.38. The molecule has 232 valence electrons. The van der Waals surface area contributed by atoms with Gasteiger partial charge in [-0.3, -0.25) is 4.79 Å². The molecule has 4 aliphatic heterocycles. The number of fused-ring (bicyclic) bond motifs is 3. The van der Waals surface area contributed by atoms with E-state index in [1.54, 1.807) is 6.20 Å². The molecule has 12 heteroatoms. The third-order valence-corrected chi connectivity index (χ3v) is 10.8. The molecule has 1 aromatic carbocycles. The second kappa shape index (κ2) is 11.3. The largest absolute Gasteiger partial charge is 0.376 e. The van der Waals surface area contributed by atoms with Crippen LogP contribution in [0.3, 0.4) is 0 Å². The van der Waals surface area contributed by atoms with Gasteiger partial charge in [0.2, 0.25) is 11.9 Å². The van der Waals surface area contributed by atoms with E-state index in [1.807, 2.05) is 23.2 Å². The molecule has 0 spiro atoms. The van der Waals surface area contributed by atoms with Crippen molar-refractivity contribution < 1.29 is 17.9 Å². The zero-order valence-corrected chi connectivity index (χ0v) is 26.0. The van der Waals surface area contributed by atoms with Gasteiger partial charge in [0.25, 0.3) is 0 Å². The summed E-state index contributed by atoms with van der Waals surface area (Å²) in [5.74, 6) is 2.19. The highest BCUT2D eigenvalue weighted by molar-refractivity contribution is 7.90. The van der Waals surface area contributed by atoms with Crippen LogP contribution in [0.1, 0.15) is 44.2 Å². The van der Waals surface area contributed by atoms with Gasteiger partial charge < -0.3 is 24.8 Å². The maximum Gasteiger partial charge on any atom is 0.246 e. The van der Waals surface area contributed by atoms with Crippen LogP contribution in [-0.2, 0) is 19.4 Å². The van der Waals surface area contributed by atoms with E-state index >= 15 is 0 Å². The quantitative estimate of drug-likeness (QED) is 0.373. The summed E-state index contributed by atoms with van der Waals surface area (Å²) in [7, 11) is -3.06. The molecule has 0 radical (unpaired) electrons. The lowest BCUT2D eigenvalue weighted by atomic mass is 9.89. The first-order chi connectivity index (χ1) is 21.2. The van der Waals surface area contributed by atoms with Gasteiger partial charge in [-0.2, -0.15) is 4.98 Å². The van der Waals surface area contributed by atoms with Gasteiger partial charge in [-0.15, -0.1) is 0 Å². The third kappa shape index (κ3) is 5.38. The molecule has 7 rings (SSSR count). The molecule has 4 fully saturated rings. The molecular weight excluding hydrogens is 578 g/mol. The number of hydrogen-bond donors (Lipinski definition) is 1. The lowest BCUT2D eigenvalue weighted by molar-refractivity contribution is -0.126. The highest BCUT2D eigenvalue weighted by atomic mass is 32.2. The minimum absolute atomic E-state index is 0.0673. The summed E-state index contributed by atoms with van der Waals surface area (Å²) < 4.78 is 29.8. The number of rotatable bonds is 8. The van der Waals surface area contributed by atoms with Crippen molar-refractivity contribution in [2.75, 3.05) is 53.4 Å². The van der Waals surface area contributed by atoms with Gasteiger partial charge in [-0.25, -0.2) is 18.4 Å². The monoisotopic (exact) mass is 617 g/mol. The Kier molecular flexibility index (Phi) is 7.44. The van der Waals surface area contributed by atoms with E-state index in [-0.39, 0.29) is 29.7 Å². The minimum atomic E-state index is -3.06. The Hall–Kier alpha value is -3.77. The maximum absolute atomic E-state index is 12.8. The topological polar surface area (TPSA) is 121 Å². The van der Waals surface area contributed by atoms with Crippen molar-refractivity contribution in [1.29, 1.82) is 0 Å². The molecule has 4 saturated heterocycles. The fraction of sp³-hybridized carbons (Fsp3) is 0.500. The highest BCUT2D eigenvalue weighted by Crippen LogP contribution is 2.42. The number of piperidine rings is 1. The fourth-order valence-electron chi connectivity index (χ4n) is 7.44. The van der Waals surface area contributed by atoms with Crippen molar-refractivity contribution >= 4 is 49.8 Å². The molecule has 2 bridgehead atoms. The van der Waals surface area contributed by atoms with Crippen LogP contribution < -0.4 is 15.1 Å². The molecule has 6 heterocycles. The Bertz CT molecular complexity index is 1720. The number of aromatic nitrogens is 3. The number of carbonyl (C=O) groups is 1. The lowest BCUT2D eigenvalue weighted by Crippen LogP contribution is -2.57. The van der Waals surface area contributed by atoms with Gasteiger partial charge >= 0.3 is 0 Å². The maximum atomic E-state index is 12.8. The lowest BCUT2D eigenvalue weighted by Gasteiger charge is -2.48. The first-order valence-electron chi connectivity index (χ1n) is 15.5. The van der Waals surface area contributed by atoms with E-state index in [1.165, 1.54) is 12.3 Å². The summed E-state index contributed by atoms with van der Waals surface area (Å²) in [6, 6.07) is 8.42. The number of carbonyl (C=O) groups excluding carboxylic acids is 1. The summed E-state index contributed by atoms with van der Waals surface area (Å²) in [6.07, 6.45) is 10.5. The van der Waals surface area contributed by atoms with Crippen LogP contribution >= 0.6 is 0 Å². The van der Waals surface area contributed by atoms with Crippen LogP contribution in [0.2, 0.25) is 0 Å². The highest BCUT2D eigenvalue weighted by Gasteiger charge is 2.39. The predicted octanol–water partition coefficient (Wildman–Crippen LogP) is 3.85. The van der Waals surface area contributed by atoms with Crippen LogP contribution in [0.15, 0.2) is 49.3 Å². The molecule has 5 atom stereocenters. The van der Waals surface area contributed by atoms with Crippen LogP contribution in [-0.4, -0.2) is 90.6 Å². The number of ether oxygens (including phenoxy) is 1. The minimum Gasteiger partial charge on any atom is -0.376 e. The normalized spacial score (nSPS) is 26.6. The van der Waals surface area contributed by atoms with E-state index in [4.69, 9.17) is 14.7 Å². The Morgan fingerprint density at radius 3 is 2.80 bits per heavy atom. The number of pyridine rings is 1. The van der Waals surface area contributed by atoms with Crippen LogP contribution in [0.25, 0.3) is 10.8 Å². The fourth-order valence-corrected chi connectivity index (χ4v) is 8.60. The first-order valence-corrected chi connectivity index (χ1v) is 17.5. The molecule has 0 unspecified atom stereocenters. The van der Waals surface area contributed by atoms with Gasteiger partial charge in [0.05, 0.1) is 30.5 Å². The van der Waals surface area contributed by atoms with Crippen LogP contribution in [0.4, 0.5) is 23.3 Å². The number of anilines is 4. The summed E-state index contributed by atoms with van der Waals surface area (Å²) in [5.41, 5.74) is 2.08. The average Bonchev–Trinajstić information content (AvgIpc) is 3.65. The molecule has 1 amide bonds. The van der Waals surface area contributed by atoms with Crippen molar-refractivity contribution in [2.45, 2.75) is 56.8 Å². The van der Waals surface area contributed by atoms with E-state index in [2.05, 4.69) is 45.7 Å². The van der Waals surface area contributed by atoms with Gasteiger partial charge in [-0.1, -0.05) is 12.6 Å². The predicted molar refractivity (Wildman–Crippen MR) is 171 cm³/mol. The first kappa shape index (κ1) is 29.0. The van der Waals surface area contributed by atoms with Gasteiger partial charge in [-0.05, 0) is 67.8 Å². The number of benzene rings is 1. The molecule has 1 N–H and O–H groups in total. The van der Waals surface area contributed by atoms with E-state index < -0.39 is 9.84 Å². The molecule has 4 aliphatic rings. The Labute approximate surface area is 258 Å². The van der Waals surface area contributed by atoms with Gasteiger partial charge in [0.15, 0.2) is 0 Å². The standard InChI is InChI=1S/C32H39N7O4S/c1-4-31(40)38-12-5-6-27(38)24-7-8-28(39-17-21(20(39)2)19-44(3,41)42)26-16-34-30(15-25(24)26)35-29-9-11-33-32(36-29)37-13-10-23-14-22(37)18-43-23/h4,7-9,11,15-16,20-23,27H,1,5-6,10,12-14,17-19H2,2-3H3,(H,33,34,35,36)/t20-,21-,22+,23-,27-/m1/s1. The molecule has 2 aromatic heterocycles. The Morgan fingerprint density at radius 1 is 1.14 bits per heavy atom. The zero-order valence-electron chi connectivity index (χ0n) is 25.2. The van der Waals surface area contributed by atoms with Gasteiger partial charge in [0.1, 0.15) is 21.5 Å². The van der Waals surface area contributed by atoms with Crippen molar-refractivity contribution in [3.05, 3.63) is 54.9 Å². The average molecular weight is 618 g/mol. The smallest absolute Gasteiger partial charge is 0.246 e. The second-order valence-corrected chi connectivity index (χ2v) is 14.8. The van der Waals surface area contributed by atoms with E-state index in [9.17, 15) is 13.2 Å². The molecule has 0 saturated carbocycles.